The van der Waals surface area contributed by atoms with Crippen molar-refractivity contribution in [2.75, 3.05) is 0 Å². The highest BCUT2D eigenvalue weighted by molar-refractivity contribution is 5.71. The van der Waals surface area contributed by atoms with Crippen LogP contribution in [0.5, 0.6) is 0 Å². The lowest BCUT2D eigenvalue weighted by atomic mass is 10.1. The van der Waals surface area contributed by atoms with Crippen LogP contribution in [0.4, 0.5) is 5.69 Å². The molecule has 1 aromatic carbocycles. The maximum absolute atomic E-state index is 11.4. The highest BCUT2D eigenvalue weighted by Crippen LogP contribution is 2.13. The van der Waals surface area contributed by atoms with Gasteiger partial charge in [0.05, 0.1) is 10.8 Å². The molecule has 0 radical (unpaired) electrons. The number of ether oxygens (including phenoxy) is 1. The van der Waals surface area contributed by atoms with Crippen LogP contribution < -0.4 is 0 Å². The SMILES string of the molecule is CCC(C)C(=O)OCc1ccc([N+](=O)[O-])cc1. The monoisotopic (exact) mass is 237 g/mol. The van der Waals surface area contributed by atoms with Crippen LogP contribution in [0.3, 0.4) is 0 Å². The second kappa shape index (κ2) is 5.98. The molecule has 0 bridgehead atoms. The van der Waals surface area contributed by atoms with Crippen LogP contribution in [-0.2, 0) is 16.1 Å². The second-order valence-electron chi connectivity index (χ2n) is 3.84. The summed E-state index contributed by atoms with van der Waals surface area (Å²) in [5, 5.41) is 10.4. The molecule has 0 spiro atoms. The fourth-order valence-corrected chi connectivity index (χ4v) is 1.18. The minimum absolute atomic E-state index is 0.0296. The van der Waals surface area contributed by atoms with Crippen molar-refractivity contribution in [2.24, 2.45) is 5.92 Å². The van der Waals surface area contributed by atoms with E-state index >= 15 is 0 Å². The Morgan fingerprint density at radius 2 is 2.00 bits per heavy atom. The Kier molecular flexibility index (Phi) is 4.63. The summed E-state index contributed by atoms with van der Waals surface area (Å²) >= 11 is 0. The summed E-state index contributed by atoms with van der Waals surface area (Å²) in [6.45, 7) is 3.87. The van der Waals surface area contributed by atoms with E-state index in [4.69, 9.17) is 4.74 Å². The molecule has 5 nitrogen and oxygen atoms in total. The number of hydrogen-bond acceptors (Lipinski definition) is 4. The molecule has 1 atom stereocenters. The lowest BCUT2D eigenvalue weighted by Gasteiger charge is -2.08. The molecule has 5 heteroatoms. The van der Waals surface area contributed by atoms with E-state index in [1.807, 2.05) is 6.92 Å². The highest BCUT2D eigenvalue weighted by Gasteiger charge is 2.12. The summed E-state index contributed by atoms with van der Waals surface area (Å²) in [5.41, 5.74) is 0.772. The maximum Gasteiger partial charge on any atom is 0.308 e. The molecule has 0 saturated heterocycles. The smallest absolute Gasteiger partial charge is 0.308 e. The Bertz CT molecular complexity index is 399. The number of carbonyl (C=O) groups is 1. The number of esters is 1. The number of rotatable bonds is 5. The van der Waals surface area contributed by atoms with Crippen molar-refractivity contribution >= 4 is 11.7 Å². The Morgan fingerprint density at radius 1 is 1.41 bits per heavy atom. The van der Waals surface area contributed by atoms with Crippen molar-refractivity contribution in [1.29, 1.82) is 0 Å². The van der Waals surface area contributed by atoms with E-state index in [0.717, 1.165) is 12.0 Å². The minimum atomic E-state index is -0.463. The molecule has 0 saturated carbocycles. The maximum atomic E-state index is 11.4. The van der Waals surface area contributed by atoms with Gasteiger partial charge in [0.1, 0.15) is 6.61 Å². The number of nitro groups is 1. The topological polar surface area (TPSA) is 69.4 Å². The van der Waals surface area contributed by atoms with E-state index in [-0.39, 0.29) is 24.2 Å². The predicted molar refractivity (Wildman–Crippen MR) is 62.3 cm³/mol. The van der Waals surface area contributed by atoms with Crippen LogP contribution in [0.1, 0.15) is 25.8 Å². The average Bonchev–Trinajstić information content (AvgIpc) is 2.35. The van der Waals surface area contributed by atoms with Gasteiger partial charge in [-0.1, -0.05) is 13.8 Å². The van der Waals surface area contributed by atoms with Crippen molar-refractivity contribution in [2.45, 2.75) is 26.9 Å². The molecule has 0 fully saturated rings. The fraction of sp³-hybridized carbons (Fsp3) is 0.417. The number of benzene rings is 1. The lowest BCUT2D eigenvalue weighted by Crippen LogP contribution is -2.13. The quantitative estimate of drug-likeness (QED) is 0.448. The average molecular weight is 237 g/mol. The molecular formula is C12H15NO4. The molecule has 0 N–H and O–H groups in total. The Morgan fingerprint density at radius 3 is 2.47 bits per heavy atom. The number of non-ortho nitro benzene ring substituents is 1. The van der Waals surface area contributed by atoms with Crippen LogP contribution in [0, 0.1) is 16.0 Å². The van der Waals surface area contributed by atoms with E-state index < -0.39 is 4.92 Å². The molecule has 0 aliphatic rings. The van der Waals surface area contributed by atoms with Crippen molar-refractivity contribution in [3.8, 4) is 0 Å². The third kappa shape index (κ3) is 3.86. The summed E-state index contributed by atoms with van der Waals surface area (Å²) in [6.07, 6.45) is 0.735. The number of carbonyl (C=O) groups excluding carboxylic acids is 1. The van der Waals surface area contributed by atoms with E-state index in [9.17, 15) is 14.9 Å². The van der Waals surface area contributed by atoms with Gasteiger partial charge in [0.25, 0.3) is 5.69 Å². The Balaban J connectivity index is 2.53. The first kappa shape index (κ1) is 13.2. The van der Waals surface area contributed by atoms with Crippen molar-refractivity contribution in [3.63, 3.8) is 0 Å². The summed E-state index contributed by atoms with van der Waals surface area (Å²) in [4.78, 5) is 21.4. The Hall–Kier alpha value is -1.91. The van der Waals surface area contributed by atoms with Crippen LogP contribution in [0.2, 0.25) is 0 Å². The first-order valence-electron chi connectivity index (χ1n) is 5.44. The second-order valence-corrected chi connectivity index (χ2v) is 3.84. The zero-order chi connectivity index (χ0) is 12.8. The molecule has 1 rings (SSSR count). The molecule has 0 aromatic heterocycles. The number of nitrogens with zero attached hydrogens (tertiary/aromatic N) is 1. The number of hydrogen-bond donors (Lipinski definition) is 0. The summed E-state index contributed by atoms with van der Waals surface area (Å²) in [6, 6.07) is 5.96. The van der Waals surface area contributed by atoms with Crippen molar-refractivity contribution in [1.82, 2.24) is 0 Å². The van der Waals surface area contributed by atoms with Gasteiger partial charge in [0.15, 0.2) is 0 Å². The first-order chi connectivity index (χ1) is 8.04. The first-order valence-corrected chi connectivity index (χ1v) is 5.44. The molecule has 0 aliphatic carbocycles. The van der Waals surface area contributed by atoms with Gasteiger partial charge >= 0.3 is 5.97 Å². The lowest BCUT2D eigenvalue weighted by molar-refractivity contribution is -0.384. The van der Waals surface area contributed by atoms with E-state index in [0.29, 0.717) is 0 Å². The summed E-state index contributed by atoms with van der Waals surface area (Å²) in [7, 11) is 0. The highest BCUT2D eigenvalue weighted by atomic mass is 16.6. The molecule has 1 aromatic rings. The van der Waals surface area contributed by atoms with Gasteiger partial charge in [0, 0.05) is 12.1 Å². The van der Waals surface area contributed by atoms with Crippen LogP contribution in [-0.4, -0.2) is 10.9 Å². The van der Waals surface area contributed by atoms with Crippen LogP contribution >= 0.6 is 0 Å². The summed E-state index contributed by atoms with van der Waals surface area (Å²) < 4.78 is 5.07. The molecule has 0 amide bonds. The molecule has 17 heavy (non-hydrogen) atoms. The Labute approximate surface area is 99.5 Å². The molecule has 1 unspecified atom stereocenters. The zero-order valence-electron chi connectivity index (χ0n) is 9.88. The van der Waals surface area contributed by atoms with Crippen LogP contribution in [0.15, 0.2) is 24.3 Å². The van der Waals surface area contributed by atoms with E-state index in [1.54, 1.807) is 19.1 Å². The standard InChI is InChI=1S/C12H15NO4/c1-3-9(2)12(14)17-8-10-4-6-11(7-5-10)13(15)16/h4-7,9H,3,8H2,1-2H3. The van der Waals surface area contributed by atoms with Gasteiger partial charge in [-0.15, -0.1) is 0 Å². The molecular weight excluding hydrogens is 222 g/mol. The third-order valence-corrected chi connectivity index (χ3v) is 2.54. The van der Waals surface area contributed by atoms with Gasteiger partial charge in [-0.05, 0) is 24.1 Å². The zero-order valence-corrected chi connectivity index (χ0v) is 9.88. The van der Waals surface area contributed by atoms with Gasteiger partial charge in [-0.3, -0.25) is 14.9 Å². The van der Waals surface area contributed by atoms with Crippen molar-refractivity contribution in [3.05, 3.63) is 39.9 Å². The predicted octanol–water partition coefficient (Wildman–Crippen LogP) is 2.68. The van der Waals surface area contributed by atoms with Gasteiger partial charge in [-0.2, -0.15) is 0 Å². The van der Waals surface area contributed by atoms with Gasteiger partial charge < -0.3 is 4.74 Å². The largest absolute Gasteiger partial charge is 0.461 e. The molecule has 0 aliphatic heterocycles. The fourth-order valence-electron chi connectivity index (χ4n) is 1.18. The normalized spacial score (nSPS) is 11.9. The number of nitro benzene ring substituents is 1. The van der Waals surface area contributed by atoms with Crippen molar-refractivity contribution < 1.29 is 14.5 Å². The van der Waals surface area contributed by atoms with Gasteiger partial charge in [0.2, 0.25) is 0 Å². The summed E-state index contributed by atoms with van der Waals surface area (Å²) in [5.74, 6) is -0.362. The molecule has 0 heterocycles. The molecule has 92 valence electrons. The van der Waals surface area contributed by atoms with Crippen LogP contribution in [0.25, 0.3) is 0 Å². The van der Waals surface area contributed by atoms with Gasteiger partial charge in [-0.25, -0.2) is 0 Å². The van der Waals surface area contributed by atoms with E-state index in [2.05, 4.69) is 0 Å². The third-order valence-electron chi connectivity index (χ3n) is 2.54. The van der Waals surface area contributed by atoms with E-state index in [1.165, 1.54) is 12.1 Å². The minimum Gasteiger partial charge on any atom is -0.461 e.